The van der Waals surface area contributed by atoms with Crippen molar-refractivity contribution in [1.29, 1.82) is 0 Å². The van der Waals surface area contributed by atoms with Gasteiger partial charge >= 0.3 is 12.1 Å². The largest absolute Gasteiger partial charge is 0.450 e. The molecule has 0 rings (SSSR count). The van der Waals surface area contributed by atoms with Crippen LogP contribution in [0.15, 0.2) is 0 Å². The van der Waals surface area contributed by atoms with E-state index in [0.29, 0.717) is 13.2 Å². The highest BCUT2D eigenvalue weighted by molar-refractivity contribution is 5.73. The molecule has 0 saturated carbocycles. The fourth-order valence-corrected chi connectivity index (χ4v) is 0.452. The Morgan fingerprint density at radius 2 is 1.67 bits per heavy atom. The lowest BCUT2D eigenvalue weighted by molar-refractivity contribution is 0.154. The Balaban J connectivity index is -0.000000180. The molecule has 92 valence electrons. The van der Waals surface area contributed by atoms with Crippen LogP contribution in [0.1, 0.15) is 21.3 Å². The number of nitrogens with one attached hydrogen (secondary N) is 3. The van der Waals surface area contributed by atoms with Gasteiger partial charge in [0, 0.05) is 20.6 Å². The summed E-state index contributed by atoms with van der Waals surface area (Å²) >= 11 is 0. The minimum atomic E-state index is -0.373. The Morgan fingerprint density at radius 3 is 1.80 bits per heavy atom. The van der Waals surface area contributed by atoms with Gasteiger partial charge in [0.05, 0.1) is 6.61 Å². The maximum absolute atomic E-state index is 10.2. The van der Waals surface area contributed by atoms with Crippen molar-refractivity contribution in [3.05, 3.63) is 0 Å². The van der Waals surface area contributed by atoms with Gasteiger partial charge in [-0.1, -0.05) is 7.43 Å². The van der Waals surface area contributed by atoms with Crippen LogP contribution in [-0.4, -0.2) is 39.4 Å². The van der Waals surface area contributed by atoms with Crippen molar-refractivity contribution >= 4 is 12.1 Å². The van der Waals surface area contributed by atoms with Crippen LogP contribution in [0.5, 0.6) is 0 Å². The molecule has 0 bridgehead atoms. The Bertz CT molecular complexity index is 145. The smallest absolute Gasteiger partial charge is 0.406 e. The van der Waals surface area contributed by atoms with Gasteiger partial charge in [0.15, 0.2) is 0 Å². The van der Waals surface area contributed by atoms with Crippen LogP contribution in [0.4, 0.5) is 9.59 Å². The van der Waals surface area contributed by atoms with Crippen LogP contribution in [0.3, 0.4) is 0 Å². The standard InChI is InChI=1S/C4H10N2O.C4H9NO2.CH4/c1-3-6-4(7)5-2;1-3-7-4(6)5-2;/h3H2,1-2H3,(H2,5,6,7);3H2,1-2H3,(H,5,6);1H4. The molecule has 3 N–H and O–H groups in total. The van der Waals surface area contributed by atoms with E-state index in [1.54, 1.807) is 14.0 Å². The van der Waals surface area contributed by atoms with E-state index in [1.165, 1.54) is 7.05 Å². The summed E-state index contributed by atoms with van der Waals surface area (Å²) < 4.78 is 4.44. The van der Waals surface area contributed by atoms with Crippen LogP contribution < -0.4 is 16.0 Å². The van der Waals surface area contributed by atoms with E-state index in [9.17, 15) is 9.59 Å². The molecule has 0 saturated heterocycles. The number of amides is 3. The van der Waals surface area contributed by atoms with E-state index in [-0.39, 0.29) is 19.6 Å². The van der Waals surface area contributed by atoms with Gasteiger partial charge in [-0.15, -0.1) is 0 Å². The van der Waals surface area contributed by atoms with Crippen LogP contribution in [0.25, 0.3) is 0 Å². The first-order valence-electron chi connectivity index (χ1n) is 4.42. The molecule has 6 nitrogen and oxygen atoms in total. The number of carbonyl (C=O) groups is 2. The fraction of sp³-hybridized carbons (Fsp3) is 0.778. The first kappa shape index (κ1) is 19.2. The molecule has 0 aromatic heterocycles. The summed E-state index contributed by atoms with van der Waals surface area (Å²) in [6.07, 6.45) is -0.373. The second kappa shape index (κ2) is 15.0. The molecule has 0 fully saturated rings. The number of urea groups is 1. The quantitative estimate of drug-likeness (QED) is 0.649. The fourth-order valence-electron chi connectivity index (χ4n) is 0.452. The summed E-state index contributed by atoms with van der Waals surface area (Å²) in [6, 6.07) is -0.123. The molecule has 0 spiro atoms. The van der Waals surface area contributed by atoms with Gasteiger partial charge in [0.1, 0.15) is 0 Å². The van der Waals surface area contributed by atoms with Crippen LogP contribution in [0.2, 0.25) is 0 Å². The average Bonchev–Trinajstić information content (AvgIpc) is 2.19. The predicted molar refractivity (Wildman–Crippen MR) is 60.9 cm³/mol. The van der Waals surface area contributed by atoms with Gasteiger partial charge < -0.3 is 20.7 Å². The average molecular weight is 221 g/mol. The zero-order valence-corrected chi connectivity index (χ0v) is 9.14. The molecule has 0 aliphatic rings. The van der Waals surface area contributed by atoms with Gasteiger partial charge in [-0.25, -0.2) is 9.59 Å². The van der Waals surface area contributed by atoms with Crippen molar-refractivity contribution in [2.24, 2.45) is 0 Å². The molecule has 0 radical (unpaired) electrons. The van der Waals surface area contributed by atoms with Crippen LogP contribution in [-0.2, 0) is 4.74 Å². The molecule has 0 aromatic rings. The van der Waals surface area contributed by atoms with E-state index in [0.717, 1.165) is 0 Å². The number of hydrogen-bond acceptors (Lipinski definition) is 3. The molecule has 0 aliphatic heterocycles. The summed E-state index contributed by atoms with van der Waals surface area (Å²) in [4.78, 5) is 20.3. The number of alkyl carbamates (subject to hydrolysis) is 1. The molecule has 0 heterocycles. The molecule has 0 atom stereocenters. The summed E-state index contributed by atoms with van der Waals surface area (Å²) in [7, 11) is 3.11. The van der Waals surface area contributed by atoms with Crippen LogP contribution >= 0.6 is 0 Å². The Morgan fingerprint density at radius 1 is 1.13 bits per heavy atom. The third-order valence-corrected chi connectivity index (χ3v) is 1.04. The van der Waals surface area contributed by atoms with Crippen LogP contribution in [0, 0.1) is 0 Å². The highest BCUT2D eigenvalue weighted by atomic mass is 16.5. The minimum absolute atomic E-state index is 0. The zero-order chi connectivity index (χ0) is 11.4. The lowest BCUT2D eigenvalue weighted by Gasteiger charge is -1.96. The Hall–Kier alpha value is -1.46. The lowest BCUT2D eigenvalue weighted by atomic mass is 10.7. The van der Waals surface area contributed by atoms with E-state index < -0.39 is 0 Å². The third-order valence-electron chi connectivity index (χ3n) is 1.04. The normalized spacial score (nSPS) is 7.20. The first-order valence-corrected chi connectivity index (χ1v) is 4.42. The van der Waals surface area contributed by atoms with Crippen molar-refractivity contribution in [1.82, 2.24) is 16.0 Å². The number of rotatable bonds is 2. The Kier molecular flexibility index (Phi) is 19.2. The van der Waals surface area contributed by atoms with Gasteiger partial charge in [-0.3, -0.25) is 0 Å². The van der Waals surface area contributed by atoms with E-state index in [4.69, 9.17) is 0 Å². The number of hydrogen-bond donors (Lipinski definition) is 3. The molecule has 0 aliphatic carbocycles. The molecule has 0 unspecified atom stereocenters. The molecular weight excluding hydrogens is 198 g/mol. The van der Waals surface area contributed by atoms with E-state index >= 15 is 0 Å². The predicted octanol–water partition coefficient (Wildman–Crippen LogP) is 0.934. The monoisotopic (exact) mass is 221 g/mol. The van der Waals surface area contributed by atoms with Gasteiger partial charge in [-0.2, -0.15) is 0 Å². The highest BCUT2D eigenvalue weighted by Gasteiger charge is 1.89. The molecule has 0 aromatic carbocycles. The van der Waals surface area contributed by atoms with Gasteiger partial charge in [-0.05, 0) is 13.8 Å². The van der Waals surface area contributed by atoms with E-state index in [2.05, 4.69) is 20.7 Å². The molecule has 6 heteroatoms. The second-order valence-corrected chi connectivity index (χ2v) is 2.08. The number of carbonyl (C=O) groups excluding carboxylic acids is 2. The zero-order valence-electron chi connectivity index (χ0n) is 9.14. The van der Waals surface area contributed by atoms with Gasteiger partial charge in [0.25, 0.3) is 0 Å². The Labute approximate surface area is 91.8 Å². The van der Waals surface area contributed by atoms with Crippen molar-refractivity contribution < 1.29 is 14.3 Å². The highest BCUT2D eigenvalue weighted by Crippen LogP contribution is 1.70. The van der Waals surface area contributed by atoms with Gasteiger partial charge in [0.2, 0.25) is 0 Å². The molecule has 15 heavy (non-hydrogen) atoms. The molecule has 3 amide bonds. The minimum Gasteiger partial charge on any atom is -0.450 e. The maximum atomic E-state index is 10.2. The number of ether oxygens (including phenoxy) is 1. The summed E-state index contributed by atoms with van der Waals surface area (Å²) in [6.45, 7) is 4.74. The lowest BCUT2D eigenvalue weighted by Crippen LogP contribution is -2.32. The van der Waals surface area contributed by atoms with E-state index in [1.807, 2.05) is 6.92 Å². The first-order chi connectivity index (χ1) is 6.62. The summed E-state index contributed by atoms with van der Waals surface area (Å²) in [5.74, 6) is 0. The maximum Gasteiger partial charge on any atom is 0.406 e. The third kappa shape index (κ3) is 19.1. The summed E-state index contributed by atoms with van der Waals surface area (Å²) in [5, 5.41) is 7.27. The van der Waals surface area contributed by atoms with Crippen molar-refractivity contribution in [2.45, 2.75) is 21.3 Å². The topological polar surface area (TPSA) is 79.5 Å². The second-order valence-electron chi connectivity index (χ2n) is 2.08. The SMILES string of the molecule is C.CCNC(=O)NC.CCOC(=O)NC. The van der Waals surface area contributed by atoms with Crippen molar-refractivity contribution in [3.63, 3.8) is 0 Å². The van der Waals surface area contributed by atoms with Crippen molar-refractivity contribution in [3.8, 4) is 0 Å². The summed E-state index contributed by atoms with van der Waals surface area (Å²) in [5.41, 5.74) is 0. The van der Waals surface area contributed by atoms with Crippen molar-refractivity contribution in [2.75, 3.05) is 27.2 Å². The molecular formula is C9H23N3O3.